The van der Waals surface area contributed by atoms with E-state index in [1.165, 1.54) is 5.56 Å². The van der Waals surface area contributed by atoms with Crippen LogP contribution in [0.25, 0.3) is 0 Å². The number of likely N-dealkylation sites (tertiary alicyclic amines) is 1. The van der Waals surface area contributed by atoms with Gasteiger partial charge in [0.05, 0.1) is 5.41 Å². The highest BCUT2D eigenvalue weighted by Crippen LogP contribution is 2.36. The summed E-state index contributed by atoms with van der Waals surface area (Å²) in [4.78, 5) is 14.7. The third-order valence-corrected chi connectivity index (χ3v) is 4.02. The van der Waals surface area contributed by atoms with Crippen LogP contribution in [-0.4, -0.2) is 30.8 Å². The highest BCUT2D eigenvalue weighted by atomic mass is 16.1. The monoisotopic (exact) mass is 231 g/mol. The van der Waals surface area contributed by atoms with E-state index >= 15 is 0 Å². The molecule has 0 bridgehead atoms. The van der Waals surface area contributed by atoms with E-state index in [0.717, 1.165) is 25.9 Å². The van der Waals surface area contributed by atoms with E-state index in [4.69, 9.17) is 0 Å². The molecule has 1 heterocycles. The number of hydrogen-bond donors (Lipinski definition) is 0. The molecule has 2 rings (SSSR count). The van der Waals surface area contributed by atoms with Crippen LogP contribution in [0.4, 0.5) is 0 Å². The van der Waals surface area contributed by atoms with Crippen molar-refractivity contribution in [1.29, 1.82) is 0 Å². The molecule has 0 unspecified atom stereocenters. The number of nitrogens with zero attached hydrogens (tertiary/aromatic N) is 1. The Bertz CT molecular complexity index is 377. The van der Waals surface area contributed by atoms with Gasteiger partial charge in [-0.3, -0.25) is 4.79 Å². The second-order valence-corrected chi connectivity index (χ2v) is 5.03. The Morgan fingerprint density at radius 3 is 2.35 bits per heavy atom. The van der Waals surface area contributed by atoms with Gasteiger partial charge in [-0.1, -0.05) is 37.3 Å². The molecular weight excluding hydrogens is 210 g/mol. The standard InChI is InChI=1S/C15H21NO/c1-3-14(17)15(9-11-16(2)12-10-15)13-7-5-4-6-8-13/h4-8H,3,9-12H2,1-2H3. The third kappa shape index (κ3) is 2.27. The van der Waals surface area contributed by atoms with Gasteiger partial charge in [0.25, 0.3) is 0 Å². The largest absolute Gasteiger partial charge is 0.306 e. The zero-order chi connectivity index (χ0) is 12.3. The van der Waals surface area contributed by atoms with Gasteiger partial charge in [0, 0.05) is 6.42 Å². The first-order valence-electron chi connectivity index (χ1n) is 6.46. The van der Waals surface area contributed by atoms with Crippen molar-refractivity contribution < 1.29 is 4.79 Å². The summed E-state index contributed by atoms with van der Waals surface area (Å²) >= 11 is 0. The van der Waals surface area contributed by atoms with Crippen molar-refractivity contribution >= 4 is 5.78 Å². The molecule has 1 aliphatic rings. The molecule has 0 atom stereocenters. The maximum atomic E-state index is 12.4. The van der Waals surface area contributed by atoms with Gasteiger partial charge < -0.3 is 4.90 Å². The van der Waals surface area contributed by atoms with Crippen LogP contribution in [0.15, 0.2) is 30.3 Å². The first-order chi connectivity index (χ1) is 8.19. The SMILES string of the molecule is CCC(=O)C1(c2ccccc2)CCN(C)CC1. The highest BCUT2D eigenvalue weighted by Gasteiger charge is 2.40. The minimum absolute atomic E-state index is 0.220. The molecule has 92 valence electrons. The third-order valence-electron chi connectivity index (χ3n) is 4.02. The minimum atomic E-state index is -0.220. The number of benzene rings is 1. The van der Waals surface area contributed by atoms with Crippen LogP contribution in [0.2, 0.25) is 0 Å². The predicted molar refractivity (Wildman–Crippen MR) is 70.1 cm³/mol. The summed E-state index contributed by atoms with van der Waals surface area (Å²) in [5, 5.41) is 0. The topological polar surface area (TPSA) is 20.3 Å². The fourth-order valence-electron chi connectivity index (χ4n) is 2.82. The Labute approximate surface area is 104 Å². The van der Waals surface area contributed by atoms with Gasteiger partial charge in [0.2, 0.25) is 0 Å². The van der Waals surface area contributed by atoms with Crippen molar-refractivity contribution in [3.05, 3.63) is 35.9 Å². The van der Waals surface area contributed by atoms with E-state index < -0.39 is 0 Å². The lowest BCUT2D eigenvalue weighted by Gasteiger charge is -2.39. The lowest BCUT2D eigenvalue weighted by molar-refractivity contribution is -0.126. The molecule has 0 N–H and O–H groups in total. The number of hydrogen-bond acceptors (Lipinski definition) is 2. The van der Waals surface area contributed by atoms with Crippen LogP contribution >= 0.6 is 0 Å². The summed E-state index contributed by atoms with van der Waals surface area (Å²) in [6.07, 6.45) is 2.55. The van der Waals surface area contributed by atoms with Gasteiger partial charge in [0.1, 0.15) is 5.78 Å². The zero-order valence-electron chi connectivity index (χ0n) is 10.8. The lowest BCUT2D eigenvalue weighted by Crippen LogP contribution is -2.45. The number of carbonyl (C=O) groups is 1. The van der Waals surface area contributed by atoms with Crippen LogP contribution in [0.5, 0.6) is 0 Å². The molecule has 1 aliphatic heterocycles. The van der Waals surface area contributed by atoms with Crippen LogP contribution in [-0.2, 0) is 10.2 Å². The maximum Gasteiger partial charge on any atom is 0.143 e. The summed E-state index contributed by atoms with van der Waals surface area (Å²) in [6.45, 7) is 4.01. The molecule has 1 saturated heterocycles. The molecule has 0 aliphatic carbocycles. The number of ketones is 1. The summed E-state index contributed by atoms with van der Waals surface area (Å²) < 4.78 is 0. The van der Waals surface area contributed by atoms with E-state index in [0.29, 0.717) is 12.2 Å². The van der Waals surface area contributed by atoms with Crippen molar-refractivity contribution in [2.24, 2.45) is 0 Å². The predicted octanol–water partition coefficient (Wildman–Crippen LogP) is 2.63. The first kappa shape index (κ1) is 12.3. The van der Waals surface area contributed by atoms with E-state index in [2.05, 4.69) is 24.1 Å². The fourth-order valence-corrected chi connectivity index (χ4v) is 2.82. The van der Waals surface area contributed by atoms with Gasteiger partial charge >= 0.3 is 0 Å². The van der Waals surface area contributed by atoms with Gasteiger partial charge in [-0.05, 0) is 38.5 Å². The number of Topliss-reactive ketones (excluding diaryl/α,β-unsaturated/α-hetero) is 1. The molecule has 0 radical (unpaired) electrons. The maximum absolute atomic E-state index is 12.4. The molecule has 0 aromatic heterocycles. The quantitative estimate of drug-likeness (QED) is 0.797. The van der Waals surface area contributed by atoms with Gasteiger partial charge in [-0.2, -0.15) is 0 Å². The molecule has 17 heavy (non-hydrogen) atoms. The van der Waals surface area contributed by atoms with Crippen LogP contribution in [0.3, 0.4) is 0 Å². The lowest BCUT2D eigenvalue weighted by atomic mass is 9.69. The van der Waals surface area contributed by atoms with E-state index in [1.807, 2.05) is 25.1 Å². The molecule has 2 heteroatoms. The molecular formula is C15H21NO. The molecule has 1 aromatic rings. The Balaban J connectivity index is 2.35. The summed E-state index contributed by atoms with van der Waals surface area (Å²) in [7, 11) is 2.13. The second-order valence-electron chi connectivity index (χ2n) is 5.03. The second kappa shape index (κ2) is 5.01. The number of piperidine rings is 1. The van der Waals surface area contributed by atoms with Crippen LogP contribution in [0, 0.1) is 0 Å². The zero-order valence-corrected chi connectivity index (χ0v) is 10.8. The Morgan fingerprint density at radius 2 is 1.82 bits per heavy atom. The van der Waals surface area contributed by atoms with E-state index in [-0.39, 0.29) is 5.41 Å². The summed E-state index contributed by atoms with van der Waals surface area (Å²) in [5.74, 6) is 0.400. The van der Waals surface area contributed by atoms with Crippen LogP contribution < -0.4 is 0 Å². The van der Waals surface area contributed by atoms with Crippen molar-refractivity contribution in [1.82, 2.24) is 4.90 Å². The Hall–Kier alpha value is -1.15. The van der Waals surface area contributed by atoms with E-state index in [1.54, 1.807) is 0 Å². The number of carbonyl (C=O) groups excluding carboxylic acids is 1. The summed E-state index contributed by atoms with van der Waals surface area (Å²) in [5.41, 5.74) is 0.989. The molecule has 2 nitrogen and oxygen atoms in total. The normalized spacial score (nSPS) is 20.1. The Morgan fingerprint density at radius 1 is 1.24 bits per heavy atom. The smallest absolute Gasteiger partial charge is 0.143 e. The first-order valence-corrected chi connectivity index (χ1v) is 6.46. The van der Waals surface area contributed by atoms with Gasteiger partial charge in [-0.15, -0.1) is 0 Å². The number of rotatable bonds is 3. The van der Waals surface area contributed by atoms with Crippen LogP contribution in [0.1, 0.15) is 31.7 Å². The molecule has 0 spiro atoms. The van der Waals surface area contributed by atoms with Gasteiger partial charge in [0.15, 0.2) is 0 Å². The molecule has 1 fully saturated rings. The minimum Gasteiger partial charge on any atom is -0.306 e. The van der Waals surface area contributed by atoms with Crippen molar-refractivity contribution in [3.8, 4) is 0 Å². The van der Waals surface area contributed by atoms with Crippen molar-refractivity contribution in [2.45, 2.75) is 31.6 Å². The Kier molecular flexibility index (Phi) is 3.63. The van der Waals surface area contributed by atoms with Crippen molar-refractivity contribution in [2.75, 3.05) is 20.1 Å². The summed E-state index contributed by atoms with van der Waals surface area (Å²) in [6, 6.07) is 10.3. The van der Waals surface area contributed by atoms with E-state index in [9.17, 15) is 4.79 Å². The van der Waals surface area contributed by atoms with Crippen molar-refractivity contribution in [3.63, 3.8) is 0 Å². The average Bonchev–Trinajstić information content (AvgIpc) is 2.40. The molecule has 1 aromatic carbocycles. The fraction of sp³-hybridized carbons (Fsp3) is 0.533. The highest BCUT2D eigenvalue weighted by molar-refractivity contribution is 5.90. The molecule has 0 saturated carbocycles. The van der Waals surface area contributed by atoms with Gasteiger partial charge in [-0.25, -0.2) is 0 Å². The molecule has 0 amide bonds. The average molecular weight is 231 g/mol.